The van der Waals surface area contributed by atoms with Crippen molar-refractivity contribution in [2.24, 2.45) is 0 Å². The molecule has 1 aromatic heterocycles. The van der Waals surface area contributed by atoms with Crippen LogP contribution in [0.1, 0.15) is 0 Å². The Labute approximate surface area is 98.2 Å². The van der Waals surface area contributed by atoms with Crippen LogP contribution in [0.2, 0.25) is 5.35 Å². The number of rotatable bonds is 1. The fourth-order valence-corrected chi connectivity index (χ4v) is 2.23. The van der Waals surface area contributed by atoms with Crippen molar-refractivity contribution in [1.82, 2.24) is 10.3 Å². The van der Waals surface area contributed by atoms with E-state index in [4.69, 9.17) is 16.0 Å². The summed E-state index contributed by atoms with van der Waals surface area (Å²) >= 11 is 5.79. The Morgan fingerprint density at radius 2 is 2.12 bits per heavy atom. The van der Waals surface area contributed by atoms with Crippen molar-refractivity contribution < 1.29 is 4.42 Å². The zero-order valence-electron chi connectivity index (χ0n) is 8.74. The van der Waals surface area contributed by atoms with Crippen LogP contribution in [0.15, 0.2) is 22.6 Å². The van der Waals surface area contributed by atoms with Crippen LogP contribution in [0.5, 0.6) is 0 Å². The predicted octanol–water partition coefficient (Wildman–Crippen LogP) is 1.89. The Bertz CT molecular complexity index is 505. The number of hydrogen-bond donors (Lipinski definition) is 1. The maximum atomic E-state index is 5.79. The number of hydrogen-bond acceptors (Lipinski definition) is 4. The molecule has 0 atom stereocenters. The van der Waals surface area contributed by atoms with Gasteiger partial charge in [0.25, 0.3) is 5.35 Å². The Morgan fingerprint density at radius 3 is 2.94 bits per heavy atom. The van der Waals surface area contributed by atoms with Gasteiger partial charge in [-0.15, -0.1) is 0 Å². The topological polar surface area (TPSA) is 41.3 Å². The second kappa shape index (κ2) is 3.96. The van der Waals surface area contributed by atoms with Crippen molar-refractivity contribution in [3.63, 3.8) is 0 Å². The highest BCUT2D eigenvalue weighted by Crippen LogP contribution is 2.29. The molecule has 0 spiro atoms. The van der Waals surface area contributed by atoms with E-state index >= 15 is 0 Å². The number of nitrogens with one attached hydrogen (secondary N) is 1. The number of oxazole rings is 1. The van der Waals surface area contributed by atoms with Gasteiger partial charge in [-0.1, -0.05) is 6.07 Å². The second-order valence-corrected chi connectivity index (χ2v) is 4.15. The van der Waals surface area contributed by atoms with Gasteiger partial charge >= 0.3 is 0 Å². The Kier molecular flexibility index (Phi) is 2.46. The second-order valence-electron chi connectivity index (χ2n) is 3.83. The molecule has 2 aromatic rings. The molecule has 0 radical (unpaired) electrons. The van der Waals surface area contributed by atoms with Gasteiger partial charge in [0.05, 0.1) is 5.69 Å². The van der Waals surface area contributed by atoms with Crippen LogP contribution in [0, 0.1) is 0 Å². The van der Waals surface area contributed by atoms with Crippen LogP contribution in [0.3, 0.4) is 0 Å². The number of benzene rings is 1. The van der Waals surface area contributed by atoms with E-state index in [1.165, 1.54) is 0 Å². The molecular formula is C11H12ClN3O. The van der Waals surface area contributed by atoms with E-state index in [1.807, 2.05) is 12.1 Å². The van der Waals surface area contributed by atoms with Crippen molar-refractivity contribution in [3.8, 4) is 0 Å². The maximum absolute atomic E-state index is 5.79. The molecule has 2 heterocycles. The van der Waals surface area contributed by atoms with Gasteiger partial charge in [0.15, 0.2) is 5.58 Å². The minimum Gasteiger partial charge on any atom is -0.425 e. The highest BCUT2D eigenvalue weighted by molar-refractivity contribution is 6.28. The normalized spacial score (nSPS) is 16.9. The molecule has 1 saturated heterocycles. The smallest absolute Gasteiger partial charge is 0.293 e. The van der Waals surface area contributed by atoms with Crippen molar-refractivity contribution in [1.29, 1.82) is 0 Å². The monoisotopic (exact) mass is 237 g/mol. The molecule has 0 bridgehead atoms. The van der Waals surface area contributed by atoms with Crippen LogP contribution < -0.4 is 10.2 Å². The maximum Gasteiger partial charge on any atom is 0.293 e. The van der Waals surface area contributed by atoms with Gasteiger partial charge in [0.2, 0.25) is 0 Å². The van der Waals surface area contributed by atoms with Gasteiger partial charge < -0.3 is 14.6 Å². The summed E-state index contributed by atoms with van der Waals surface area (Å²) < 4.78 is 5.44. The first kappa shape index (κ1) is 9.93. The zero-order valence-corrected chi connectivity index (χ0v) is 9.50. The predicted molar refractivity (Wildman–Crippen MR) is 64.1 cm³/mol. The lowest BCUT2D eigenvalue weighted by atomic mass is 10.2. The standard InChI is InChI=1S/C11H12ClN3O/c12-11-14-8-2-1-3-9(10(8)16-11)15-6-4-13-5-7-15/h1-3,13H,4-7H2. The van der Waals surface area contributed by atoms with Crippen LogP contribution in [-0.2, 0) is 0 Å². The third kappa shape index (κ3) is 1.64. The van der Waals surface area contributed by atoms with E-state index in [0.29, 0.717) is 0 Å². The lowest BCUT2D eigenvalue weighted by Crippen LogP contribution is -2.43. The van der Waals surface area contributed by atoms with Crippen LogP contribution >= 0.6 is 11.6 Å². The van der Waals surface area contributed by atoms with Crippen LogP contribution in [-0.4, -0.2) is 31.2 Å². The van der Waals surface area contributed by atoms with Crippen LogP contribution in [0.25, 0.3) is 11.1 Å². The molecule has 16 heavy (non-hydrogen) atoms. The number of para-hydroxylation sites is 1. The largest absolute Gasteiger partial charge is 0.425 e. The minimum atomic E-state index is 0.206. The Hall–Kier alpha value is -1.26. The summed E-state index contributed by atoms with van der Waals surface area (Å²) in [5, 5.41) is 3.53. The summed E-state index contributed by atoms with van der Waals surface area (Å²) in [7, 11) is 0. The number of halogens is 1. The summed E-state index contributed by atoms with van der Waals surface area (Å²) in [5.74, 6) is 0. The number of aromatic nitrogens is 1. The van der Waals surface area contributed by atoms with Gasteiger partial charge in [0.1, 0.15) is 5.52 Å². The zero-order chi connectivity index (χ0) is 11.0. The first-order valence-corrected chi connectivity index (χ1v) is 5.73. The van der Waals surface area contributed by atoms with E-state index in [-0.39, 0.29) is 5.35 Å². The summed E-state index contributed by atoms with van der Waals surface area (Å²) in [6.45, 7) is 3.96. The Balaban J connectivity index is 2.07. The fraction of sp³-hybridized carbons (Fsp3) is 0.364. The minimum absolute atomic E-state index is 0.206. The SMILES string of the molecule is Clc1nc2cccc(N3CCNCC3)c2o1. The third-order valence-electron chi connectivity index (χ3n) is 2.83. The average molecular weight is 238 g/mol. The lowest BCUT2D eigenvalue weighted by molar-refractivity contribution is 0.576. The van der Waals surface area contributed by atoms with Crippen molar-refractivity contribution in [2.45, 2.75) is 0 Å². The molecule has 1 aromatic carbocycles. The highest BCUT2D eigenvalue weighted by atomic mass is 35.5. The molecule has 3 rings (SSSR count). The number of piperazine rings is 1. The summed E-state index contributed by atoms with van der Waals surface area (Å²) in [4.78, 5) is 6.42. The van der Waals surface area contributed by atoms with Crippen molar-refractivity contribution >= 4 is 28.4 Å². The van der Waals surface area contributed by atoms with Gasteiger partial charge in [-0.3, -0.25) is 0 Å². The van der Waals surface area contributed by atoms with Crippen LogP contribution in [0.4, 0.5) is 5.69 Å². The van der Waals surface area contributed by atoms with Crippen molar-refractivity contribution in [3.05, 3.63) is 23.5 Å². The first-order chi connectivity index (χ1) is 7.84. The van der Waals surface area contributed by atoms with E-state index in [9.17, 15) is 0 Å². The summed E-state index contributed by atoms with van der Waals surface area (Å²) in [6.07, 6.45) is 0. The van der Waals surface area contributed by atoms with Crippen molar-refractivity contribution in [2.75, 3.05) is 31.1 Å². The molecule has 1 N–H and O–H groups in total. The number of fused-ring (bicyclic) bond motifs is 1. The fourth-order valence-electron chi connectivity index (χ4n) is 2.06. The molecule has 0 aliphatic carbocycles. The first-order valence-electron chi connectivity index (χ1n) is 5.35. The molecule has 1 aliphatic rings. The molecule has 5 heteroatoms. The van der Waals surface area contributed by atoms with E-state index in [1.54, 1.807) is 0 Å². The highest BCUT2D eigenvalue weighted by Gasteiger charge is 2.16. The molecule has 1 fully saturated rings. The number of nitrogens with zero attached hydrogens (tertiary/aromatic N) is 2. The van der Waals surface area contributed by atoms with Gasteiger partial charge in [-0.2, -0.15) is 4.98 Å². The average Bonchev–Trinajstić information content (AvgIpc) is 2.70. The van der Waals surface area contributed by atoms with E-state index < -0.39 is 0 Å². The molecule has 0 unspecified atom stereocenters. The number of anilines is 1. The Morgan fingerprint density at radius 1 is 1.31 bits per heavy atom. The van der Waals surface area contributed by atoms with Gasteiger partial charge in [0, 0.05) is 26.2 Å². The third-order valence-corrected chi connectivity index (χ3v) is 2.99. The van der Waals surface area contributed by atoms with E-state index in [0.717, 1.165) is 43.0 Å². The molecule has 84 valence electrons. The van der Waals surface area contributed by atoms with E-state index in [2.05, 4.69) is 21.3 Å². The lowest BCUT2D eigenvalue weighted by Gasteiger charge is -2.29. The quantitative estimate of drug-likeness (QED) is 0.823. The van der Waals surface area contributed by atoms with Gasteiger partial charge in [-0.25, -0.2) is 0 Å². The summed E-state index contributed by atoms with van der Waals surface area (Å²) in [6, 6.07) is 5.95. The van der Waals surface area contributed by atoms with Gasteiger partial charge in [-0.05, 0) is 23.7 Å². The molecule has 4 nitrogen and oxygen atoms in total. The molecule has 0 amide bonds. The molecule has 1 aliphatic heterocycles. The molecule has 0 saturated carbocycles. The molecular weight excluding hydrogens is 226 g/mol. The summed E-state index contributed by atoms with van der Waals surface area (Å²) in [5.41, 5.74) is 2.69.